The number of amides is 3. The Balaban J connectivity index is 2.16. The lowest BCUT2D eigenvalue weighted by Gasteiger charge is -2.23. The summed E-state index contributed by atoms with van der Waals surface area (Å²) in [5, 5.41) is 34.9. The molecule has 3 atom stereocenters. The molecule has 14 nitrogen and oxygen atoms in total. The second kappa shape index (κ2) is 12.7. The molecule has 2 rings (SSSR count). The van der Waals surface area contributed by atoms with Crippen molar-refractivity contribution in [2.24, 2.45) is 5.73 Å². The number of aliphatic carboxylic acids is 2. The number of phenolic OH excluding ortho intramolecular Hbond substituents is 1. The van der Waals surface area contributed by atoms with Gasteiger partial charge in [0.1, 0.15) is 23.9 Å². The van der Waals surface area contributed by atoms with Crippen LogP contribution in [0.4, 0.5) is 0 Å². The number of aromatic nitrogens is 2. The van der Waals surface area contributed by atoms with Gasteiger partial charge in [-0.15, -0.1) is 0 Å². The Morgan fingerprint density at radius 1 is 0.914 bits per heavy atom. The highest BCUT2D eigenvalue weighted by Gasteiger charge is 2.31. The average Bonchev–Trinajstić information content (AvgIpc) is 3.31. The molecule has 3 unspecified atom stereocenters. The molecule has 14 heteroatoms. The maximum Gasteiger partial charge on any atom is 0.326 e. The molecule has 0 aliphatic rings. The highest BCUT2D eigenvalue weighted by atomic mass is 16.4. The first-order valence-electron chi connectivity index (χ1n) is 10.4. The number of aromatic hydroxyl groups is 1. The van der Waals surface area contributed by atoms with Crippen LogP contribution < -0.4 is 21.7 Å². The fraction of sp³-hybridized carbons (Fsp3) is 0.333. The first-order valence-corrected chi connectivity index (χ1v) is 10.4. The van der Waals surface area contributed by atoms with Crippen LogP contribution >= 0.6 is 0 Å². The van der Waals surface area contributed by atoms with Crippen molar-refractivity contribution in [3.63, 3.8) is 0 Å². The van der Waals surface area contributed by atoms with Crippen LogP contribution in [0.3, 0.4) is 0 Å². The van der Waals surface area contributed by atoms with Gasteiger partial charge in [-0.05, 0) is 17.7 Å². The number of carboxylic acids is 2. The van der Waals surface area contributed by atoms with E-state index in [1.807, 2.05) is 0 Å². The van der Waals surface area contributed by atoms with Crippen LogP contribution in [0.1, 0.15) is 17.7 Å². The molecule has 35 heavy (non-hydrogen) atoms. The molecule has 3 amide bonds. The highest BCUT2D eigenvalue weighted by molar-refractivity contribution is 5.95. The number of rotatable bonds is 13. The van der Waals surface area contributed by atoms with Gasteiger partial charge in [0.2, 0.25) is 17.7 Å². The molecule has 0 spiro atoms. The Morgan fingerprint density at radius 3 is 2.09 bits per heavy atom. The average molecular weight is 490 g/mol. The number of benzene rings is 1. The number of carbonyl (C=O) groups excluding carboxylic acids is 3. The zero-order chi connectivity index (χ0) is 26.0. The number of imidazole rings is 1. The van der Waals surface area contributed by atoms with E-state index in [4.69, 9.17) is 5.73 Å². The van der Waals surface area contributed by atoms with Crippen LogP contribution in [0.5, 0.6) is 5.75 Å². The van der Waals surface area contributed by atoms with E-state index < -0.39 is 60.8 Å². The SMILES string of the molecule is NCC(=O)NC(Cc1cnc[nH]1)C(=O)NC(CC(=O)O)C(=O)NC(Cc1ccc(O)cc1)C(=O)O. The number of carbonyl (C=O) groups is 5. The summed E-state index contributed by atoms with van der Waals surface area (Å²) < 4.78 is 0. The van der Waals surface area contributed by atoms with Gasteiger partial charge in [-0.25, -0.2) is 9.78 Å². The molecule has 0 saturated carbocycles. The predicted octanol–water partition coefficient (Wildman–Crippen LogP) is -2.13. The lowest BCUT2D eigenvalue weighted by molar-refractivity contribution is -0.143. The summed E-state index contributed by atoms with van der Waals surface area (Å²) >= 11 is 0. The Kier molecular flexibility index (Phi) is 9.71. The molecule has 9 N–H and O–H groups in total. The Bertz CT molecular complexity index is 1040. The van der Waals surface area contributed by atoms with E-state index in [1.165, 1.54) is 36.8 Å². The maximum atomic E-state index is 12.8. The third-order valence-corrected chi connectivity index (χ3v) is 4.82. The summed E-state index contributed by atoms with van der Waals surface area (Å²) in [5.74, 6) is -5.43. The monoisotopic (exact) mass is 490 g/mol. The largest absolute Gasteiger partial charge is 0.508 e. The fourth-order valence-corrected chi connectivity index (χ4v) is 3.08. The number of H-pyrrole nitrogens is 1. The second-order valence-electron chi connectivity index (χ2n) is 7.53. The Labute approximate surface area is 198 Å². The maximum absolute atomic E-state index is 12.8. The first-order chi connectivity index (χ1) is 16.6. The molecule has 1 heterocycles. The number of nitrogens with two attached hydrogens (primary N) is 1. The molecule has 0 saturated heterocycles. The second-order valence-corrected chi connectivity index (χ2v) is 7.53. The summed E-state index contributed by atoms with van der Waals surface area (Å²) in [6.45, 7) is -0.413. The van der Waals surface area contributed by atoms with Crippen LogP contribution in [0.2, 0.25) is 0 Å². The summed E-state index contributed by atoms with van der Waals surface area (Å²) in [6, 6.07) is 1.32. The zero-order valence-electron chi connectivity index (χ0n) is 18.4. The summed E-state index contributed by atoms with van der Waals surface area (Å²) in [5.41, 5.74) is 6.25. The van der Waals surface area contributed by atoms with Crippen molar-refractivity contribution >= 4 is 29.7 Å². The molecule has 0 fully saturated rings. The van der Waals surface area contributed by atoms with E-state index >= 15 is 0 Å². The van der Waals surface area contributed by atoms with Crippen LogP contribution in [0.25, 0.3) is 0 Å². The minimum atomic E-state index is -1.64. The highest BCUT2D eigenvalue weighted by Crippen LogP contribution is 2.12. The number of hydrogen-bond acceptors (Lipinski definition) is 8. The van der Waals surface area contributed by atoms with E-state index in [-0.39, 0.29) is 18.6 Å². The van der Waals surface area contributed by atoms with E-state index in [2.05, 4.69) is 25.9 Å². The van der Waals surface area contributed by atoms with Crippen LogP contribution in [0.15, 0.2) is 36.8 Å². The summed E-state index contributed by atoms with van der Waals surface area (Å²) in [7, 11) is 0. The number of nitrogens with zero attached hydrogens (tertiary/aromatic N) is 1. The van der Waals surface area contributed by atoms with Gasteiger partial charge < -0.3 is 42.0 Å². The molecule has 1 aromatic heterocycles. The van der Waals surface area contributed by atoms with Crippen molar-refractivity contribution in [2.75, 3.05) is 6.54 Å². The number of hydrogen-bond donors (Lipinski definition) is 8. The molecule has 0 radical (unpaired) electrons. The lowest BCUT2D eigenvalue weighted by atomic mass is 10.0. The summed E-state index contributed by atoms with van der Waals surface area (Å²) in [6.07, 6.45) is 1.71. The van der Waals surface area contributed by atoms with Crippen LogP contribution in [0, 0.1) is 0 Å². The minimum Gasteiger partial charge on any atom is -0.508 e. The van der Waals surface area contributed by atoms with E-state index in [1.54, 1.807) is 0 Å². The van der Waals surface area contributed by atoms with Gasteiger partial charge in [-0.1, -0.05) is 12.1 Å². The van der Waals surface area contributed by atoms with E-state index in [0.29, 0.717) is 11.3 Å². The quantitative estimate of drug-likeness (QED) is 0.152. The molecule has 0 bridgehead atoms. The Morgan fingerprint density at radius 2 is 1.54 bits per heavy atom. The first kappa shape index (κ1) is 26.8. The number of carboxylic acid groups (broad SMARTS) is 2. The molecule has 2 aromatic rings. The van der Waals surface area contributed by atoms with Crippen molar-refractivity contribution in [1.29, 1.82) is 0 Å². The smallest absolute Gasteiger partial charge is 0.326 e. The predicted molar refractivity (Wildman–Crippen MR) is 119 cm³/mol. The summed E-state index contributed by atoms with van der Waals surface area (Å²) in [4.78, 5) is 67.0. The molecule has 188 valence electrons. The van der Waals surface area contributed by atoms with Crippen molar-refractivity contribution in [2.45, 2.75) is 37.4 Å². The number of nitrogens with one attached hydrogen (secondary N) is 4. The van der Waals surface area contributed by atoms with Gasteiger partial charge in [0, 0.05) is 24.7 Å². The molecular weight excluding hydrogens is 464 g/mol. The standard InChI is InChI=1S/C21H26N6O8/c22-8-17(29)25-14(6-12-9-23-10-24-12)19(32)26-15(7-18(30)31)20(33)27-16(21(34)35)5-11-1-3-13(28)4-2-11/h1-4,9-10,14-16,28H,5-8,22H2,(H,23,24)(H,25,29)(H,26,32)(H,27,33)(H,30,31)(H,34,35). The third kappa shape index (κ3) is 8.77. The molecule has 0 aliphatic heterocycles. The normalized spacial score (nSPS) is 13.2. The number of aromatic amines is 1. The topological polar surface area (TPSA) is 237 Å². The van der Waals surface area contributed by atoms with Crippen molar-refractivity contribution in [3.8, 4) is 5.75 Å². The van der Waals surface area contributed by atoms with Crippen molar-refractivity contribution in [3.05, 3.63) is 48.0 Å². The van der Waals surface area contributed by atoms with Gasteiger partial charge >= 0.3 is 11.9 Å². The van der Waals surface area contributed by atoms with Gasteiger partial charge in [-0.2, -0.15) is 0 Å². The zero-order valence-corrected chi connectivity index (χ0v) is 18.4. The lowest BCUT2D eigenvalue weighted by Crippen LogP contribution is -2.57. The third-order valence-electron chi connectivity index (χ3n) is 4.82. The van der Waals surface area contributed by atoms with Crippen LogP contribution in [-0.2, 0) is 36.8 Å². The van der Waals surface area contributed by atoms with Gasteiger partial charge in [0.15, 0.2) is 0 Å². The molecule has 0 aliphatic carbocycles. The molecular formula is C21H26N6O8. The fourth-order valence-electron chi connectivity index (χ4n) is 3.08. The Hall–Kier alpha value is -4.46. The van der Waals surface area contributed by atoms with Crippen molar-refractivity contribution in [1.82, 2.24) is 25.9 Å². The van der Waals surface area contributed by atoms with Gasteiger partial charge in [-0.3, -0.25) is 19.2 Å². The minimum absolute atomic E-state index is 0.0275. The van der Waals surface area contributed by atoms with Crippen LogP contribution in [-0.4, -0.2) is 79.6 Å². The van der Waals surface area contributed by atoms with E-state index in [0.717, 1.165) is 0 Å². The van der Waals surface area contributed by atoms with E-state index in [9.17, 15) is 39.3 Å². The van der Waals surface area contributed by atoms with Crippen molar-refractivity contribution < 1.29 is 39.3 Å². The van der Waals surface area contributed by atoms with Gasteiger partial charge in [0.05, 0.1) is 19.3 Å². The van der Waals surface area contributed by atoms with Gasteiger partial charge in [0.25, 0.3) is 0 Å². The number of phenols is 1. The molecule has 1 aromatic carbocycles.